The fraction of sp³-hybridized carbons (Fsp3) is 0.469. The van der Waals surface area contributed by atoms with Crippen LogP contribution in [0.3, 0.4) is 0 Å². The molecule has 2 aromatic heterocycles. The van der Waals surface area contributed by atoms with Crippen LogP contribution in [0.2, 0.25) is 0 Å². The molecule has 1 atom stereocenters. The lowest BCUT2D eigenvalue weighted by atomic mass is 9.89. The summed E-state index contributed by atoms with van der Waals surface area (Å²) in [4.78, 5) is 7.78. The highest BCUT2D eigenvalue weighted by Gasteiger charge is 2.33. The SMILES string of the molecule is CN(C)c1ccc2[nH]cc(C3CCN(CC(O)Cn4nc(-c5ccc(C(F)(F)F)cc5)c5c4CCN(S(C)(=O)=O)C5)CC3)c2c1. The molecule has 2 aliphatic rings. The van der Waals surface area contributed by atoms with Gasteiger partial charge in [0.25, 0.3) is 0 Å². The molecule has 242 valence electrons. The molecule has 4 aromatic rings. The van der Waals surface area contributed by atoms with Crippen molar-refractivity contribution in [3.05, 3.63) is 71.0 Å². The number of piperidine rings is 1. The molecule has 2 N–H and O–H groups in total. The Balaban J connectivity index is 1.15. The van der Waals surface area contributed by atoms with E-state index in [1.807, 2.05) is 14.1 Å². The van der Waals surface area contributed by atoms with Crippen LogP contribution >= 0.6 is 0 Å². The molecule has 2 aromatic carbocycles. The Morgan fingerprint density at radius 3 is 2.42 bits per heavy atom. The van der Waals surface area contributed by atoms with Gasteiger partial charge in [0, 0.05) is 79.8 Å². The molecule has 0 radical (unpaired) electrons. The molecule has 0 spiro atoms. The van der Waals surface area contributed by atoms with Crippen LogP contribution in [-0.2, 0) is 35.7 Å². The molecule has 0 amide bonds. The lowest BCUT2D eigenvalue weighted by Crippen LogP contribution is -2.40. The van der Waals surface area contributed by atoms with E-state index in [4.69, 9.17) is 5.10 Å². The first-order valence-electron chi connectivity index (χ1n) is 15.2. The molecule has 6 rings (SSSR count). The number of aromatic nitrogens is 3. The monoisotopic (exact) mass is 644 g/mol. The maximum absolute atomic E-state index is 13.2. The van der Waals surface area contributed by atoms with Crippen LogP contribution in [0.4, 0.5) is 18.9 Å². The first kappa shape index (κ1) is 31.6. The highest BCUT2D eigenvalue weighted by Crippen LogP contribution is 2.36. The molecular formula is C32H39F3N6O3S. The molecular weight excluding hydrogens is 605 g/mol. The normalized spacial score (nSPS) is 17.9. The molecule has 1 saturated heterocycles. The van der Waals surface area contributed by atoms with Crippen molar-refractivity contribution in [3.8, 4) is 11.3 Å². The second-order valence-corrected chi connectivity index (χ2v) is 14.5. The zero-order valence-electron chi connectivity index (χ0n) is 25.7. The predicted octanol–water partition coefficient (Wildman–Crippen LogP) is 4.67. The van der Waals surface area contributed by atoms with Crippen LogP contribution in [0.25, 0.3) is 22.2 Å². The van der Waals surface area contributed by atoms with Gasteiger partial charge in [-0.1, -0.05) is 12.1 Å². The van der Waals surface area contributed by atoms with E-state index in [-0.39, 0.29) is 19.6 Å². The number of aliphatic hydroxyl groups excluding tert-OH is 1. The third-order valence-electron chi connectivity index (χ3n) is 9.15. The highest BCUT2D eigenvalue weighted by molar-refractivity contribution is 7.88. The summed E-state index contributed by atoms with van der Waals surface area (Å²) in [6.07, 6.45) is 0.425. The van der Waals surface area contributed by atoms with Crippen LogP contribution in [0.15, 0.2) is 48.7 Å². The highest BCUT2D eigenvalue weighted by atomic mass is 32.2. The Morgan fingerprint density at radius 1 is 1.07 bits per heavy atom. The average Bonchev–Trinajstić information content (AvgIpc) is 3.57. The van der Waals surface area contributed by atoms with Gasteiger partial charge in [0.2, 0.25) is 10.0 Å². The van der Waals surface area contributed by atoms with Crippen LogP contribution in [0.1, 0.15) is 41.1 Å². The Morgan fingerprint density at radius 2 is 1.78 bits per heavy atom. The zero-order chi connectivity index (χ0) is 32.1. The lowest BCUT2D eigenvalue weighted by Gasteiger charge is -2.33. The number of nitrogens with zero attached hydrogens (tertiary/aromatic N) is 5. The van der Waals surface area contributed by atoms with Gasteiger partial charge in [-0.3, -0.25) is 4.68 Å². The lowest BCUT2D eigenvalue weighted by molar-refractivity contribution is -0.137. The minimum atomic E-state index is -4.46. The largest absolute Gasteiger partial charge is 0.416 e. The molecule has 0 bridgehead atoms. The van der Waals surface area contributed by atoms with E-state index < -0.39 is 27.9 Å². The summed E-state index contributed by atoms with van der Waals surface area (Å²) < 4.78 is 67.3. The number of β-amino-alcohol motifs (C(OH)–C–C–N with tert-alkyl or cyclic N) is 1. The first-order valence-corrected chi connectivity index (χ1v) is 17.0. The van der Waals surface area contributed by atoms with E-state index in [2.05, 4.69) is 39.2 Å². The van der Waals surface area contributed by atoms with E-state index in [9.17, 15) is 26.7 Å². The van der Waals surface area contributed by atoms with E-state index in [1.165, 1.54) is 27.4 Å². The van der Waals surface area contributed by atoms with Crippen LogP contribution < -0.4 is 4.90 Å². The summed E-state index contributed by atoms with van der Waals surface area (Å²) in [6.45, 7) is 2.72. The van der Waals surface area contributed by atoms with Gasteiger partial charge >= 0.3 is 6.18 Å². The van der Waals surface area contributed by atoms with Crippen molar-refractivity contribution in [1.82, 2.24) is 24.0 Å². The van der Waals surface area contributed by atoms with Gasteiger partial charge in [-0.15, -0.1) is 0 Å². The van der Waals surface area contributed by atoms with E-state index >= 15 is 0 Å². The predicted molar refractivity (Wildman–Crippen MR) is 169 cm³/mol. The second kappa shape index (κ2) is 12.1. The number of aromatic amines is 1. The summed E-state index contributed by atoms with van der Waals surface area (Å²) in [5.41, 5.74) is 5.24. The standard InChI is InChI=1S/C32H39F3N6O3S/c1-38(2)24-8-9-29-26(16-24)27(17-36-29)21-10-13-39(14-11-21)18-25(42)19-41-30-12-15-40(45(3,43)44)20-28(30)31(37-41)22-4-6-23(7-5-22)32(33,34)35/h4-9,16-17,21,25,36,42H,10-15,18-20H2,1-3H3. The van der Waals surface area contributed by atoms with Crippen molar-refractivity contribution in [3.63, 3.8) is 0 Å². The number of aliphatic hydroxyl groups is 1. The minimum Gasteiger partial charge on any atom is -0.390 e. The fourth-order valence-electron chi connectivity index (χ4n) is 6.68. The maximum atomic E-state index is 13.2. The molecule has 1 fully saturated rings. The first-order chi connectivity index (χ1) is 21.3. The smallest absolute Gasteiger partial charge is 0.390 e. The number of hydrogen-bond donors (Lipinski definition) is 2. The number of likely N-dealkylation sites (tertiary alicyclic amines) is 1. The summed E-state index contributed by atoms with van der Waals surface area (Å²) in [5.74, 6) is 0.423. The molecule has 9 nitrogen and oxygen atoms in total. The van der Waals surface area contributed by atoms with Gasteiger partial charge in [-0.2, -0.15) is 22.6 Å². The molecule has 45 heavy (non-hydrogen) atoms. The number of hydrogen-bond acceptors (Lipinski definition) is 6. The molecule has 2 aliphatic heterocycles. The topological polar surface area (TPSA) is 97.7 Å². The van der Waals surface area contributed by atoms with Gasteiger partial charge in [-0.25, -0.2) is 8.42 Å². The number of anilines is 1. The number of rotatable bonds is 8. The third kappa shape index (κ3) is 6.62. The van der Waals surface area contributed by atoms with E-state index in [1.54, 1.807) is 4.68 Å². The summed E-state index contributed by atoms with van der Waals surface area (Å²) >= 11 is 0. The number of alkyl halides is 3. The van der Waals surface area contributed by atoms with Gasteiger partial charge in [-0.05, 0) is 67.7 Å². The molecule has 0 saturated carbocycles. The summed E-state index contributed by atoms with van der Waals surface area (Å²) in [5, 5.41) is 17.2. The number of benzene rings is 2. The summed E-state index contributed by atoms with van der Waals surface area (Å²) in [6, 6.07) is 11.2. The van der Waals surface area contributed by atoms with Crippen molar-refractivity contribution in [1.29, 1.82) is 0 Å². The molecule has 1 unspecified atom stereocenters. The van der Waals surface area contributed by atoms with Crippen molar-refractivity contribution < 1.29 is 26.7 Å². The number of sulfonamides is 1. The van der Waals surface area contributed by atoms with Crippen molar-refractivity contribution >= 4 is 26.6 Å². The van der Waals surface area contributed by atoms with Gasteiger partial charge in [0.15, 0.2) is 0 Å². The Kier molecular flexibility index (Phi) is 8.48. The summed E-state index contributed by atoms with van der Waals surface area (Å²) in [7, 11) is 0.597. The molecule has 13 heteroatoms. The molecule has 0 aliphatic carbocycles. The average molecular weight is 645 g/mol. The van der Waals surface area contributed by atoms with Crippen molar-refractivity contribution in [2.45, 2.75) is 50.6 Å². The van der Waals surface area contributed by atoms with Crippen molar-refractivity contribution in [2.24, 2.45) is 0 Å². The van der Waals surface area contributed by atoms with Gasteiger partial charge in [0.05, 0.1) is 30.2 Å². The number of nitrogens with one attached hydrogen (secondary N) is 1. The number of H-pyrrole nitrogens is 1. The minimum absolute atomic E-state index is 0.0814. The van der Waals surface area contributed by atoms with Crippen molar-refractivity contribution in [2.75, 3.05) is 51.4 Å². The third-order valence-corrected chi connectivity index (χ3v) is 10.4. The van der Waals surface area contributed by atoms with Crippen LogP contribution in [0.5, 0.6) is 0 Å². The number of halogens is 3. The zero-order valence-corrected chi connectivity index (χ0v) is 26.5. The maximum Gasteiger partial charge on any atom is 0.416 e. The quantitative estimate of drug-likeness (QED) is 0.290. The molecule has 4 heterocycles. The Hall–Kier alpha value is -3.39. The van der Waals surface area contributed by atoms with Gasteiger partial charge < -0.3 is 19.9 Å². The second-order valence-electron chi connectivity index (χ2n) is 12.5. The van der Waals surface area contributed by atoms with Crippen LogP contribution in [0, 0.1) is 0 Å². The fourth-order valence-corrected chi connectivity index (χ4v) is 7.46. The Labute approximate surface area is 261 Å². The van der Waals surface area contributed by atoms with Crippen LogP contribution in [-0.4, -0.2) is 90.1 Å². The van der Waals surface area contributed by atoms with E-state index in [0.29, 0.717) is 35.7 Å². The van der Waals surface area contributed by atoms with Gasteiger partial charge in [0.1, 0.15) is 0 Å². The van der Waals surface area contributed by atoms with E-state index in [0.717, 1.165) is 61.2 Å². The number of fused-ring (bicyclic) bond motifs is 2. The Bertz CT molecular complexity index is 1770.